The molecule has 0 aliphatic heterocycles. The number of rotatable bonds is 7. The molecule has 146 valence electrons. The number of amides is 1. The molecule has 6 nitrogen and oxygen atoms in total. The van der Waals surface area contributed by atoms with E-state index in [1.165, 1.54) is 7.11 Å². The summed E-state index contributed by atoms with van der Waals surface area (Å²) in [4.78, 5) is 24.2. The van der Waals surface area contributed by atoms with Gasteiger partial charge < -0.3 is 19.9 Å². The van der Waals surface area contributed by atoms with Crippen molar-refractivity contribution in [2.45, 2.75) is 37.8 Å². The van der Waals surface area contributed by atoms with Crippen molar-refractivity contribution in [2.75, 3.05) is 13.7 Å². The summed E-state index contributed by atoms with van der Waals surface area (Å²) < 4.78 is 9.93. The minimum atomic E-state index is -1.55. The predicted octanol–water partition coefficient (Wildman–Crippen LogP) is 3.48. The van der Waals surface area contributed by atoms with Gasteiger partial charge >= 0.3 is 12.1 Å². The molecule has 0 heterocycles. The first-order valence-corrected chi connectivity index (χ1v) is 12.6. The molecule has 2 atom stereocenters. The van der Waals surface area contributed by atoms with Crippen LogP contribution in [0.1, 0.15) is 11.6 Å². The van der Waals surface area contributed by atoms with E-state index in [-0.39, 0.29) is 0 Å². The predicted molar refractivity (Wildman–Crippen MR) is 107 cm³/mol. The second-order valence-electron chi connectivity index (χ2n) is 7.60. The Morgan fingerprint density at radius 2 is 1.78 bits per heavy atom. The van der Waals surface area contributed by atoms with E-state index in [1.54, 1.807) is 6.07 Å². The Bertz CT molecular complexity index is 797. The molecule has 27 heavy (non-hydrogen) atoms. The van der Waals surface area contributed by atoms with Crippen LogP contribution in [0.2, 0.25) is 25.7 Å². The van der Waals surface area contributed by atoms with E-state index in [1.807, 2.05) is 36.4 Å². The number of aliphatic hydroxyl groups is 1. The lowest BCUT2D eigenvalue weighted by Gasteiger charge is -2.24. The van der Waals surface area contributed by atoms with Gasteiger partial charge in [-0.3, -0.25) is 0 Å². The summed E-state index contributed by atoms with van der Waals surface area (Å²) in [5.41, 5.74) is 0.619. The van der Waals surface area contributed by atoms with Crippen LogP contribution in [-0.4, -0.2) is 45.1 Å². The maximum Gasteiger partial charge on any atom is 0.407 e. The molecular formula is C20H27NO5Si. The molecule has 0 unspecified atom stereocenters. The monoisotopic (exact) mass is 389 g/mol. The molecular weight excluding hydrogens is 362 g/mol. The van der Waals surface area contributed by atoms with E-state index >= 15 is 0 Å². The Morgan fingerprint density at radius 1 is 1.11 bits per heavy atom. The largest absolute Gasteiger partial charge is 0.467 e. The van der Waals surface area contributed by atoms with Crippen molar-refractivity contribution in [1.82, 2.24) is 5.32 Å². The molecule has 0 radical (unpaired) electrons. The lowest BCUT2D eigenvalue weighted by molar-refractivity contribution is -0.152. The van der Waals surface area contributed by atoms with E-state index in [2.05, 4.69) is 29.7 Å². The van der Waals surface area contributed by atoms with Crippen molar-refractivity contribution in [3.63, 3.8) is 0 Å². The van der Waals surface area contributed by atoms with Crippen LogP contribution in [0, 0.1) is 0 Å². The highest BCUT2D eigenvalue weighted by atomic mass is 28.3. The maximum absolute atomic E-state index is 12.3. The molecule has 2 aromatic carbocycles. The molecule has 2 aromatic rings. The lowest BCUT2D eigenvalue weighted by Crippen LogP contribution is -2.41. The summed E-state index contributed by atoms with van der Waals surface area (Å²) in [6, 6.07) is 12.9. The van der Waals surface area contributed by atoms with Gasteiger partial charge in [0.15, 0.2) is 6.10 Å². The first-order chi connectivity index (χ1) is 12.7. The second-order valence-corrected chi connectivity index (χ2v) is 13.2. The van der Waals surface area contributed by atoms with Gasteiger partial charge in [-0.2, -0.15) is 0 Å². The Hall–Kier alpha value is -2.38. The average molecular weight is 390 g/mol. The van der Waals surface area contributed by atoms with Crippen LogP contribution in [0.4, 0.5) is 4.79 Å². The van der Waals surface area contributed by atoms with Crippen molar-refractivity contribution < 1.29 is 24.2 Å². The SMILES string of the molecule is COC(=O)[C@H](O)[C@@H](NC(=O)OCC[Si](C)(C)C)c1cccc2ccccc12. The molecule has 2 rings (SSSR count). The van der Waals surface area contributed by atoms with E-state index in [0.29, 0.717) is 12.2 Å². The summed E-state index contributed by atoms with van der Waals surface area (Å²) in [5, 5.41) is 14.9. The number of benzene rings is 2. The van der Waals surface area contributed by atoms with Crippen LogP contribution >= 0.6 is 0 Å². The number of ether oxygens (including phenoxy) is 2. The van der Waals surface area contributed by atoms with Gasteiger partial charge in [0.2, 0.25) is 0 Å². The first-order valence-electron chi connectivity index (χ1n) is 8.90. The lowest BCUT2D eigenvalue weighted by atomic mass is 9.95. The number of methoxy groups -OCH3 is 1. The van der Waals surface area contributed by atoms with Crippen LogP contribution < -0.4 is 5.32 Å². The normalized spacial score (nSPS) is 13.7. The molecule has 0 aliphatic rings. The Balaban J connectivity index is 2.26. The molecule has 2 N–H and O–H groups in total. The number of fused-ring (bicyclic) bond motifs is 1. The number of alkyl carbamates (subject to hydrolysis) is 1. The molecule has 0 bridgehead atoms. The standard InChI is InChI=1S/C20H27NO5Si/c1-25-19(23)18(22)17(21-20(24)26-12-13-27(2,3)4)16-11-7-9-14-8-5-6-10-15(14)16/h5-11,17-18,22H,12-13H2,1-4H3,(H,21,24)/t17-,18+/m0/s1. The molecule has 0 fully saturated rings. The van der Waals surface area contributed by atoms with Gasteiger partial charge in [-0.05, 0) is 22.4 Å². The number of carbonyl (C=O) groups is 2. The highest BCUT2D eigenvalue weighted by Crippen LogP contribution is 2.27. The van der Waals surface area contributed by atoms with E-state index < -0.39 is 32.3 Å². The van der Waals surface area contributed by atoms with Crippen LogP contribution in [0.3, 0.4) is 0 Å². The number of hydrogen-bond acceptors (Lipinski definition) is 5. The number of esters is 1. The zero-order valence-corrected chi connectivity index (χ0v) is 17.2. The van der Waals surface area contributed by atoms with Crippen LogP contribution in [0.25, 0.3) is 10.8 Å². The minimum absolute atomic E-state index is 0.304. The third-order valence-electron chi connectivity index (χ3n) is 4.28. The van der Waals surface area contributed by atoms with Crippen molar-refractivity contribution in [2.24, 2.45) is 0 Å². The molecule has 0 aromatic heterocycles. The molecule has 1 amide bonds. The molecule has 7 heteroatoms. The second kappa shape index (κ2) is 9.01. The van der Waals surface area contributed by atoms with Crippen LogP contribution in [0.15, 0.2) is 42.5 Å². The maximum atomic E-state index is 12.3. The zero-order valence-electron chi connectivity index (χ0n) is 16.2. The Morgan fingerprint density at radius 3 is 2.44 bits per heavy atom. The van der Waals surface area contributed by atoms with Crippen molar-refractivity contribution in [3.05, 3.63) is 48.0 Å². The minimum Gasteiger partial charge on any atom is -0.467 e. The Labute approximate surface area is 160 Å². The van der Waals surface area contributed by atoms with Gasteiger partial charge in [0.05, 0.1) is 19.8 Å². The molecule has 0 saturated heterocycles. The first kappa shape index (κ1) is 20.9. The fourth-order valence-corrected chi connectivity index (χ4v) is 3.44. The molecule has 0 spiro atoms. The van der Waals surface area contributed by atoms with Crippen molar-refractivity contribution in [3.8, 4) is 0 Å². The summed E-state index contributed by atoms with van der Waals surface area (Å²) >= 11 is 0. The third-order valence-corrected chi connectivity index (χ3v) is 5.98. The number of hydrogen-bond donors (Lipinski definition) is 2. The topological polar surface area (TPSA) is 84.9 Å². The van der Waals surface area contributed by atoms with E-state index in [0.717, 1.165) is 16.8 Å². The third kappa shape index (κ3) is 5.80. The van der Waals surface area contributed by atoms with Crippen LogP contribution in [0.5, 0.6) is 0 Å². The Kier molecular flexibility index (Phi) is 6.98. The smallest absolute Gasteiger partial charge is 0.407 e. The molecule has 0 saturated carbocycles. The number of carbonyl (C=O) groups excluding carboxylic acids is 2. The fraction of sp³-hybridized carbons (Fsp3) is 0.400. The quantitative estimate of drug-likeness (QED) is 0.559. The van der Waals surface area contributed by atoms with E-state index in [4.69, 9.17) is 4.74 Å². The van der Waals surface area contributed by atoms with E-state index in [9.17, 15) is 14.7 Å². The van der Waals surface area contributed by atoms with Crippen molar-refractivity contribution in [1.29, 1.82) is 0 Å². The number of aliphatic hydroxyl groups excluding tert-OH is 1. The van der Waals surface area contributed by atoms with Gasteiger partial charge in [-0.1, -0.05) is 62.1 Å². The highest BCUT2D eigenvalue weighted by Gasteiger charge is 2.31. The van der Waals surface area contributed by atoms with Gasteiger partial charge in [0.1, 0.15) is 0 Å². The van der Waals surface area contributed by atoms with Gasteiger partial charge in [-0.25, -0.2) is 9.59 Å². The van der Waals surface area contributed by atoms with Gasteiger partial charge in [-0.15, -0.1) is 0 Å². The highest BCUT2D eigenvalue weighted by molar-refractivity contribution is 6.76. The zero-order chi connectivity index (χ0) is 20.0. The summed E-state index contributed by atoms with van der Waals surface area (Å²) in [6.07, 6.45) is -2.22. The number of nitrogens with one attached hydrogen (secondary N) is 1. The van der Waals surface area contributed by atoms with Gasteiger partial charge in [0, 0.05) is 8.07 Å². The summed E-state index contributed by atoms with van der Waals surface area (Å²) in [5.74, 6) is -0.824. The van der Waals surface area contributed by atoms with Gasteiger partial charge in [0.25, 0.3) is 0 Å². The fourth-order valence-electron chi connectivity index (χ4n) is 2.72. The summed E-state index contributed by atoms with van der Waals surface area (Å²) in [6.45, 7) is 6.87. The summed E-state index contributed by atoms with van der Waals surface area (Å²) in [7, 11) is -0.146. The van der Waals surface area contributed by atoms with Crippen LogP contribution in [-0.2, 0) is 14.3 Å². The molecule has 0 aliphatic carbocycles. The average Bonchev–Trinajstić information content (AvgIpc) is 2.63. The van der Waals surface area contributed by atoms with Crippen molar-refractivity contribution >= 4 is 30.9 Å².